The molecule has 0 spiro atoms. The number of rotatable bonds is 65. The maximum Gasteiger partial charge on any atom is 0.314 e. The highest BCUT2D eigenvalue weighted by Crippen LogP contribution is 2.39. The van der Waals surface area contributed by atoms with Gasteiger partial charge >= 0.3 is 257 Å². The van der Waals surface area contributed by atoms with Gasteiger partial charge in [-0.2, -0.15) is 0 Å². The van der Waals surface area contributed by atoms with Crippen molar-refractivity contribution < 1.29 is 128 Å². The van der Waals surface area contributed by atoms with E-state index in [2.05, 4.69) is 426 Å². The minimum Gasteiger partial charge on any atom is -0.440 e. The minimum absolute atomic E-state index is 1.12. The molecule has 0 aromatic carbocycles. The second-order valence-electron chi connectivity index (χ2n) is 49.1. The maximum atomic E-state index is 7.04. The smallest absolute Gasteiger partial charge is 0.314 e. The normalized spacial score (nSPS) is 16.2. The molecule has 0 saturated heterocycles. The lowest BCUT2D eigenvalue weighted by Crippen LogP contribution is -2.63. The molecule has 0 fully saturated rings. The Morgan fingerprint density at radius 2 is 0.198 bits per heavy atom. The Hall–Kier alpha value is 5.70. The predicted molar refractivity (Wildman–Crippen MR) is 614 cm³/mol. The molecule has 0 atom stereocenters. The second-order valence-corrected chi connectivity index (χ2v) is 165. The highest BCUT2D eigenvalue weighted by Gasteiger charge is 2.59. The average molecular weight is 2420 g/mol. The highest BCUT2D eigenvalue weighted by atomic mass is 28.6. The van der Waals surface area contributed by atoms with Crippen molar-refractivity contribution in [3.05, 3.63) is 0 Å². The largest absolute Gasteiger partial charge is 0.440 e. The first-order valence-electron chi connectivity index (χ1n) is 46.9. The summed E-state index contributed by atoms with van der Waals surface area (Å²) in [5.41, 5.74) is 0. The van der Waals surface area contributed by atoms with E-state index in [9.17, 15) is 0 Å². The Kier molecular flexibility index (Phi) is 49.1. The summed E-state index contributed by atoms with van der Waals surface area (Å²) in [6.07, 6.45) is 2.32. The zero-order valence-corrected chi connectivity index (χ0v) is 128. The standard InChI is InChI=1S/C68H202O31Si32/c1-66-67-68-101(4,5)70-103(8,9)72-105(12,13)74-107(16,17)76-109(20,21)78-111(24,25)80-113(28,29)82-115(32,33)84-117(36,37)86-119(40,41)88-121(44,45)90-123(48,49)92-125(52,53)94-127(56,57)96-129(60,61)98-131(64,65)99-130(62,63)97-128(58,59)95-126(54,55)93-124(50,51)91-122(46,47)89-120(42,43)87-118(38,39)85-116(34,35)83-114(30,31)81-112(26,27)79-110(22,23)77-108(18,19)75-106(14,15)73-104(10,11)71-102(6,7)69-100(2)3/h100H,66-68H2,1-65H3. The Morgan fingerprint density at radius 1 is 0.122 bits per heavy atom. The fourth-order valence-electron chi connectivity index (χ4n) is 19.7. The van der Waals surface area contributed by atoms with Crippen molar-refractivity contribution in [1.29, 1.82) is 0 Å². The van der Waals surface area contributed by atoms with Crippen LogP contribution in [0.5, 0.6) is 0 Å². The first kappa shape index (κ1) is 137. The van der Waals surface area contributed by atoms with E-state index in [0.717, 1.165) is 12.5 Å². The van der Waals surface area contributed by atoms with Gasteiger partial charge in [-0.15, -0.1) is 0 Å². The second kappa shape index (κ2) is 47.1. The van der Waals surface area contributed by atoms with Gasteiger partial charge in [0.25, 0.3) is 0 Å². The van der Waals surface area contributed by atoms with Gasteiger partial charge in [0, 0.05) is 0 Å². The van der Waals surface area contributed by atoms with Crippen LogP contribution < -0.4 is 0 Å². The molecule has 0 aliphatic carbocycles. The predicted octanol–water partition coefficient (Wildman–Crippen LogP) is 24.5. The molecule has 0 N–H and O–H groups in total. The van der Waals surface area contributed by atoms with Crippen LogP contribution in [-0.4, -0.2) is 274 Å². The van der Waals surface area contributed by atoms with Gasteiger partial charge in [-0.1, -0.05) is 19.8 Å². The molecule has 0 aromatic rings. The Bertz CT molecular complexity index is 3370. The van der Waals surface area contributed by atoms with Crippen LogP contribution in [0.2, 0.25) is 425 Å². The summed E-state index contributed by atoms with van der Waals surface area (Å²) in [5, 5.41) is 0. The van der Waals surface area contributed by atoms with Gasteiger partial charge in [0.05, 0.1) is 0 Å². The zero-order valence-electron chi connectivity index (χ0n) is 95.9. The van der Waals surface area contributed by atoms with Gasteiger partial charge in [-0.25, -0.2) is 0 Å². The van der Waals surface area contributed by atoms with Gasteiger partial charge in [0.2, 0.25) is 0 Å². The number of unbranched alkanes of at least 4 members (excludes halogenated alkanes) is 1. The molecule has 131 heavy (non-hydrogen) atoms. The molecule has 0 aromatic heterocycles. The van der Waals surface area contributed by atoms with Gasteiger partial charge < -0.3 is 128 Å². The molecule has 0 heterocycles. The molecule has 788 valence electrons. The van der Waals surface area contributed by atoms with E-state index in [1.165, 1.54) is 6.42 Å². The monoisotopic (exact) mass is 2410 g/mol. The van der Waals surface area contributed by atoms with Crippen LogP contribution in [0.1, 0.15) is 19.8 Å². The molecule has 0 radical (unpaired) electrons. The SMILES string of the molecule is CCCC[Si](C)(C)O[Si](C)(C)O[Si](C)(C)O[Si](C)(C)O[Si](C)(C)O[Si](C)(C)O[Si](C)(C)O[Si](C)(C)O[Si](C)(C)O[Si](C)(C)O[Si](C)(C)O[Si](C)(C)O[Si](C)(C)O[Si](C)(C)O[Si](C)(C)O[Si](C)(C)O[Si](C)(C)O[Si](C)(C)O[Si](C)(C)O[Si](C)(C)O[Si](C)(C)O[Si](C)(C)O[Si](C)(C)O[Si](C)(C)O[Si](C)(C)O[Si](C)(C)O[Si](C)(C)O[Si](C)(C)O[Si](C)(C)O[Si](C)(C)O[Si](C)(C)O[SiH](C)C. The van der Waals surface area contributed by atoms with E-state index in [4.69, 9.17) is 128 Å². The van der Waals surface area contributed by atoms with Crippen LogP contribution in [0.15, 0.2) is 0 Å². The van der Waals surface area contributed by atoms with Crippen LogP contribution in [0.3, 0.4) is 0 Å². The summed E-state index contributed by atoms with van der Waals surface area (Å²) in [5.74, 6) is 0. The summed E-state index contributed by atoms with van der Waals surface area (Å²) in [6.45, 7) is 135. The van der Waals surface area contributed by atoms with Crippen molar-refractivity contribution in [3.63, 3.8) is 0 Å². The zero-order chi connectivity index (χ0) is 105. The molecular weight excluding hydrogens is 2210 g/mol. The lowest BCUT2D eigenvalue weighted by atomic mass is 10.4. The Balaban J connectivity index is 5.98. The molecule has 63 heteroatoms. The van der Waals surface area contributed by atoms with Gasteiger partial charge in [-0.3, -0.25) is 0 Å². The molecule has 0 unspecified atom stereocenters. The van der Waals surface area contributed by atoms with Crippen LogP contribution >= 0.6 is 0 Å². The summed E-state index contributed by atoms with van der Waals surface area (Å²) in [4.78, 5) is 0. The van der Waals surface area contributed by atoms with Gasteiger partial charge in [-0.05, 0) is 425 Å². The van der Waals surface area contributed by atoms with Gasteiger partial charge in [0.15, 0.2) is 17.4 Å². The van der Waals surface area contributed by atoms with Crippen LogP contribution in [0.4, 0.5) is 0 Å². The molecule has 0 bridgehead atoms. The third-order valence-electron chi connectivity index (χ3n) is 16.4. The van der Waals surface area contributed by atoms with Gasteiger partial charge in [0.1, 0.15) is 0 Å². The van der Waals surface area contributed by atoms with Crippen molar-refractivity contribution in [2.24, 2.45) is 0 Å². The van der Waals surface area contributed by atoms with E-state index < -0.39 is 274 Å². The van der Waals surface area contributed by atoms with Crippen LogP contribution in [-0.2, 0) is 128 Å². The topological polar surface area (TPSA) is 286 Å². The fraction of sp³-hybridized carbons (Fsp3) is 1.00. The van der Waals surface area contributed by atoms with Crippen molar-refractivity contribution in [3.8, 4) is 0 Å². The Labute approximate surface area is 838 Å². The average Bonchev–Trinajstić information content (AvgIpc) is 0.799. The van der Waals surface area contributed by atoms with Crippen LogP contribution in [0, 0.1) is 0 Å². The van der Waals surface area contributed by atoms with E-state index in [1.54, 1.807) is 0 Å². The first-order valence-corrected chi connectivity index (χ1v) is 137. The number of hydrogen-bond donors (Lipinski definition) is 0. The minimum atomic E-state index is -2.95. The van der Waals surface area contributed by atoms with E-state index in [1.807, 2.05) is 0 Å². The van der Waals surface area contributed by atoms with E-state index in [0.29, 0.717) is 0 Å². The number of hydrogen-bond acceptors (Lipinski definition) is 31. The summed E-state index contributed by atoms with van der Waals surface area (Å²) in [7, 11) is -88.5. The maximum absolute atomic E-state index is 7.04. The third-order valence-corrected chi connectivity index (χ3v) is 140. The summed E-state index contributed by atoms with van der Waals surface area (Å²) in [6, 6.07) is 1.12. The molecule has 0 rings (SSSR count). The fourth-order valence-corrected chi connectivity index (χ4v) is 185. The molecule has 0 saturated carbocycles. The van der Waals surface area contributed by atoms with E-state index in [-0.39, 0.29) is 0 Å². The summed E-state index contributed by atoms with van der Waals surface area (Å²) >= 11 is 0. The molecule has 0 amide bonds. The van der Waals surface area contributed by atoms with Crippen LogP contribution in [0.25, 0.3) is 0 Å². The third kappa shape index (κ3) is 63.3. The highest BCUT2D eigenvalue weighted by molar-refractivity contribution is 6.99. The molecule has 31 nitrogen and oxygen atoms in total. The first-order chi connectivity index (χ1) is 56.2. The van der Waals surface area contributed by atoms with Crippen molar-refractivity contribution in [1.82, 2.24) is 0 Å². The van der Waals surface area contributed by atoms with E-state index >= 15 is 0 Å². The quantitative estimate of drug-likeness (QED) is 0.0511. The molecule has 0 aliphatic heterocycles. The van der Waals surface area contributed by atoms with Crippen molar-refractivity contribution in [2.45, 2.75) is 445 Å². The van der Waals surface area contributed by atoms with Crippen molar-refractivity contribution >= 4 is 274 Å². The lowest BCUT2D eigenvalue weighted by molar-refractivity contribution is 0.242. The lowest BCUT2D eigenvalue weighted by Gasteiger charge is -2.45. The Morgan fingerprint density at radius 3 is 0.275 bits per heavy atom. The van der Waals surface area contributed by atoms with Crippen molar-refractivity contribution in [2.75, 3.05) is 0 Å². The molecule has 0 aliphatic rings. The molecular formula is C68H202O31Si32. The summed E-state index contributed by atoms with van der Waals surface area (Å²) < 4.78 is 215.